The summed E-state index contributed by atoms with van der Waals surface area (Å²) in [6.45, 7) is 0. The van der Waals surface area contributed by atoms with E-state index in [0.717, 1.165) is 0 Å². The number of sulfone groups is 1. The quantitative estimate of drug-likeness (QED) is 0.587. The molecule has 0 aliphatic heterocycles. The molecule has 0 saturated heterocycles. The number of rotatable bonds is 4. The molecule has 0 atom stereocenters. The normalized spacial score (nSPS) is 11.6. The van der Waals surface area contributed by atoms with Crippen molar-refractivity contribution < 1.29 is 13.3 Å². The van der Waals surface area contributed by atoms with Crippen molar-refractivity contribution >= 4 is 26.6 Å². The lowest BCUT2D eigenvalue weighted by Crippen LogP contribution is -2.06. The molecule has 0 unspecified atom stereocenters. The fourth-order valence-corrected chi connectivity index (χ4v) is 3.36. The molecular formula is C14H11N3O4S. The number of nitro benzene ring substituents is 1. The van der Waals surface area contributed by atoms with Gasteiger partial charge < -0.3 is 4.98 Å². The van der Waals surface area contributed by atoms with Gasteiger partial charge in [0.15, 0.2) is 0 Å². The minimum absolute atomic E-state index is 0.133. The molecule has 0 aliphatic rings. The number of nitrogens with one attached hydrogen (secondary N) is 1. The topological polar surface area (TPSA) is 106 Å². The second-order valence-corrected chi connectivity index (χ2v) is 6.65. The summed E-state index contributed by atoms with van der Waals surface area (Å²) in [6, 6.07) is 12.7. The van der Waals surface area contributed by atoms with Gasteiger partial charge in [0.1, 0.15) is 0 Å². The molecule has 1 aromatic heterocycles. The average Bonchev–Trinajstić information content (AvgIpc) is 2.91. The minimum atomic E-state index is -3.64. The Morgan fingerprint density at radius 2 is 1.86 bits per heavy atom. The number of nitro groups is 1. The molecular weight excluding hydrogens is 306 g/mol. The molecule has 0 bridgehead atoms. The predicted molar refractivity (Wildman–Crippen MR) is 80.1 cm³/mol. The largest absolute Gasteiger partial charge is 0.329 e. The SMILES string of the molecule is O=[N+]([O-])c1ccc2[nH]c(S(=O)(=O)Cc3ccccc3)nc2c1. The number of aromatic nitrogens is 2. The number of aromatic amines is 1. The van der Waals surface area contributed by atoms with Gasteiger partial charge in [-0.25, -0.2) is 13.4 Å². The van der Waals surface area contributed by atoms with E-state index in [2.05, 4.69) is 9.97 Å². The Labute approximate surface area is 125 Å². The van der Waals surface area contributed by atoms with Crippen LogP contribution in [0, 0.1) is 10.1 Å². The monoisotopic (exact) mass is 317 g/mol. The van der Waals surface area contributed by atoms with Crippen LogP contribution in [0.25, 0.3) is 11.0 Å². The minimum Gasteiger partial charge on any atom is -0.329 e. The van der Waals surface area contributed by atoms with E-state index in [1.807, 2.05) is 0 Å². The summed E-state index contributed by atoms with van der Waals surface area (Å²) in [5.74, 6) is -0.185. The van der Waals surface area contributed by atoms with E-state index < -0.39 is 14.8 Å². The van der Waals surface area contributed by atoms with Crippen LogP contribution in [0.3, 0.4) is 0 Å². The summed E-state index contributed by atoms with van der Waals surface area (Å²) in [5, 5.41) is 10.6. The third-order valence-corrected chi connectivity index (χ3v) is 4.65. The third-order valence-electron chi connectivity index (χ3n) is 3.15. The number of imidazole rings is 1. The van der Waals surface area contributed by atoms with Crippen molar-refractivity contribution in [2.75, 3.05) is 0 Å². The lowest BCUT2D eigenvalue weighted by atomic mass is 10.2. The van der Waals surface area contributed by atoms with Crippen molar-refractivity contribution in [2.24, 2.45) is 0 Å². The van der Waals surface area contributed by atoms with E-state index in [0.29, 0.717) is 11.1 Å². The fourth-order valence-electron chi connectivity index (χ4n) is 2.09. The molecule has 3 rings (SSSR count). The maximum Gasteiger partial charge on any atom is 0.271 e. The molecule has 0 saturated carbocycles. The molecule has 7 nitrogen and oxygen atoms in total. The van der Waals surface area contributed by atoms with Gasteiger partial charge in [0.05, 0.1) is 21.7 Å². The highest BCUT2D eigenvalue weighted by molar-refractivity contribution is 7.90. The third kappa shape index (κ3) is 2.68. The Kier molecular flexibility index (Phi) is 3.38. The molecule has 0 radical (unpaired) electrons. The number of H-pyrrole nitrogens is 1. The molecule has 3 aromatic rings. The average molecular weight is 317 g/mol. The lowest BCUT2D eigenvalue weighted by molar-refractivity contribution is -0.384. The van der Waals surface area contributed by atoms with Crippen LogP contribution in [0.1, 0.15) is 5.56 Å². The van der Waals surface area contributed by atoms with Gasteiger partial charge in [-0.15, -0.1) is 0 Å². The Bertz CT molecular complexity index is 949. The first-order chi connectivity index (χ1) is 10.5. The van der Waals surface area contributed by atoms with Crippen LogP contribution in [-0.2, 0) is 15.6 Å². The van der Waals surface area contributed by atoms with E-state index in [4.69, 9.17) is 0 Å². The number of nitrogens with zero attached hydrogens (tertiary/aromatic N) is 2. The Morgan fingerprint density at radius 3 is 2.55 bits per heavy atom. The van der Waals surface area contributed by atoms with Gasteiger partial charge in [-0.1, -0.05) is 30.3 Å². The molecule has 1 N–H and O–H groups in total. The smallest absolute Gasteiger partial charge is 0.271 e. The van der Waals surface area contributed by atoms with Gasteiger partial charge in [-0.2, -0.15) is 0 Å². The van der Waals surface area contributed by atoms with Gasteiger partial charge in [-0.3, -0.25) is 10.1 Å². The van der Waals surface area contributed by atoms with Crippen molar-refractivity contribution in [3.05, 3.63) is 64.2 Å². The molecule has 22 heavy (non-hydrogen) atoms. The molecule has 2 aromatic carbocycles. The van der Waals surface area contributed by atoms with Crippen molar-refractivity contribution in [1.29, 1.82) is 0 Å². The highest BCUT2D eigenvalue weighted by Crippen LogP contribution is 2.22. The van der Waals surface area contributed by atoms with Gasteiger partial charge in [0, 0.05) is 12.1 Å². The molecule has 0 fully saturated rings. The second-order valence-electron chi connectivity index (χ2n) is 4.75. The number of fused-ring (bicyclic) bond motifs is 1. The first-order valence-electron chi connectivity index (χ1n) is 6.36. The number of hydrogen-bond acceptors (Lipinski definition) is 5. The summed E-state index contributed by atoms with van der Waals surface area (Å²) in [4.78, 5) is 16.9. The highest BCUT2D eigenvalue weighted by Gasteiger charge is 2.20. The van der Waals surface area contributed by atoms with Gasteiger partial charge >= 0.3 is 0 Å². The number of benzene rings is 2. The molecule has 0 amide bonds. The van der Waals surface area contributed by atoms with Gasteiger partial charge in [-0.05, 0) is 11.6 Å². The van der Waals surface area contributed by atoms with Crippen LogP contribution >= 0.6 is 0 Å². The van der Waals surface area contributed by atoms with Crippen LogP contribution in [0.15, 0.2) is 53.7 Å². The molecule has 112 valence electrons. The van der Waals surface area contributed by atoms with Crippen molar-refractivity contribution in [1.82, 2.24) is 9.97 Å². The zero-order valence-electron chi connectivity index (χ0n) is 11.3. The van der Waals surface area contributed by atoms with Crippen LogP contribution < -0.4 is 0 Å². The zero-order valence-corrected chi connectivity index (χ0v) is 12.1. The molecule has 1 heterocycles. The number of non-ortho nitro benzene ring substituents is 1. The Morgan fingerprint density at radius 1 is 1.14 bits per heavy atom. The van der Waals surface area contributed by atoms with Gasteiger partial charge in [0.2, 0.25) is 15.0 Å². The fraction of sp³-hybridized carbons (Fsp3) is 0.0714. The van der Waals surface area contributed by atoms with E-state index in [-0.39, 0.29) is 22.1 Å². The lowest BCUT2D eigenvalue weighted by Gasteiger charge is -2.00. The highest BCUT2D eigenvalue weighted by atomic mass is 32.2. The summed E-state index contributed by atoms with van der Waals surface area (Å²) < 4.78 is 24.7. The summed E-state index contributed by atoms with van der Waals surface area (Å²) in [7, 11) is -3.64. The molecule has 0 aliphatic carbocycles. The standard InChI is InChI=1S/C14H11N3O4S/c18-17(19)11-6-7-12-13(8-11)16-14(15-12)22(20,21)9-10-4-2-1-3-5-10/h1-8H,9H2,(H,15,16). The first-order valence-corrected chi connectivity index (χ1v) is 8.02. The number of hydrogen-bond donors (Lipinski definition) is 1. The summed E-state index contributed by atoms with van der Waals surface area (Å²) in [5.41, 5.74) is 1.21. The predicted octanol–water partition coefficient (Wildman–Crippen LogP) is 2.45. The van der Waals surface area contributed by atoms with Crippen LogP contribution in [0.2, 0.25) is 0 Å². The molecule has 8 heteroatoms. The van der Waals surface area contributed by atoms with E-state index in [9.17, 15) is 18.5 Å². The Hall–Kier alpha value is -2.74. The zero-order chi connectivity index (χ0) is 15.7. The first kappa shape index (κ1) is 14.2. The summed E-state index contributed by atoms with van der Waals surface area (Å²) >= 11 is 0. The maximum atomic E-state index is 12.4. The Balaban J connectivity index is 2.00. The van der Waals surface area contributed by atoms with Crippen molar-refractivity contribution in [3.8, 4) is 0 Å². The summed E-state index contributed by atoms with van der Waals surface area (Å²) in [6.07, 6.45) is 0. The van der Waals surface area contributed by atoms with Crippen LogP contribution in [-0.4, -0.2) is 23.3 Å². The van der Waals surface area contributed by atoms with Crippen molar-refractivity contribution in [3.63, 3.8) is 0 Å². The van der Waals surface area contributed by atoms with Crippen LogP contribution in [0.5, 0.6) is 0 Å². The van der Waals surface area contributed by atoms with E-state index in [1.54, 1.807) is 30.3 Å². The maximum absolute atomic E-state index is 12.4. The van der Waals surface area contributed by atoms with Crippen LogP contribution in [0.4, 0.5) is 5.69 Å². The van der Waals surface area contributed by atoms with Crippen molar-refractivity contribution in [2.45, 2.75) is 10.9 Å². The van der Waals surface area contributed by atoms with E-state index >= 15 is 0 Å². The second kappa shape index (κ2) is 5.23. The van der Waals surface area contributed by atoms with Gasteiger partial charge in [0.25, 0.3) is 5.69 Å². The molecule has 0 spiro atoms. The van der Waals surface area contributed by atoms with E-state index in [1.165, 1.54) is 18.2 Å².